The zero-order valence-corrected chi connectivity index (χ0v) is 14.6. The van der Waals surface area contributed by atoms with Crippen LogP contribution in [0.2, 0.25) is 0 Å². The van der Waals surface area contributed by atoms with Crippen molar-refractivity contribution in [2.45, 2.75) is 6.18 Å². The van der Waals surface area contributed by atoms with Crippen LogP contribution in [0.1, 0.15) is 16.8 Å². The third-order valence-corrected chi connectivity index (χ3v) is 4.22. The highest BCUT2D eigenvalue weighted by Gasteiger charge is 2.33. The lowest BCUT2D eigenvalue weighted by atomic mass is 9.97. The van der Waals surface area contributed by atoms with Crippen LogP contribution in [0.3, 0.4) is 0 Å². The number of nitrogens with zero attached hydrogens (tertiary/aromatic N) is 3. The Morgan fingerprint density at radius 1 is 0.929 bits per heavy atom. The van der Waals surface area contributed by atoms with Crippen LogP contribution in [0.4, 0.5) is 13.2 Å². The molecule has 2 heterocycles. The Bertz CT molecular complexity index is 1130. The topological polar surface area (TPSA) is 30.7 Å². The molecule has 0 atom stereocenters. The fourth-order valence-electron chi connectivity index (χ4n) is 2.92. The Kier molecular flexibility index (Phi) is 4.55. The first kappa shape index (κ1) is 17.8. The summed E-state index contributed by atoms with van der Waals surface area (Å²) in [6.45, 7) is 0. The summed E-state index contributed by atoms with van der Waals surface area (Å²) < 4.78 is 41.8. The quantitative estimate of drug-likeness (QED) is 0.566. The highest BCUT2D eigenvalue weighted by atomic mass is 19.4. The molecule has 0 N–H and O–H groups in total. The van der Waals surface area contributed by atoms with Gasteiger partial charge in [0.15, 0.2) is 5.82 Å². The van der Waals surface area contributed by atoms with E-state index in [2.05, 4.69) is 15.8 Å². The molecule has 1 aromatic carbocycles. The summed E-state index contributed by atoms with van der Waals surface area (Å²) in [5, 5.41) is 4.50. The lowest BCUT2D eigenvalue weighted by Gasteiger charge is -2.13. The molecule has 0 bridgehead atoms. The number of aromatic nitrogens is 3. The van der Waals surface area contributed by atoms with Crippen molar-refractivity contribution >= 4 is 11.1 Å². The third-order valence-electron chi connectivity index (χ3n) is 4.22. The summed E-state index contributed by atoms with van der Waals surface area (Å²) >= 11 is 0. The zero-order valence-electron chi connectivity index (χ0n) is 14.6. The molecule has 138 valence electrons. The predicted octanol–water partition coefficient (Wildman–Crippen LogP) is 5.48. The van der Waals surface area contributed by atoms with Gasteiger partial charge in [0.25, 0.3) is 0 Å². The van der Waals surface area contributed by atoms with Gasteiger partial charge in [0, 0.05) is 18.0 Å². The maximum absolute atomic E-state index is 13.4. The van der Waals surface area contributed by atoms with Gasteiger partial charge in [-0.05, 0) is 59.7 Å². The van der Waals surface area contributed by atoms with E-state index in [-0.39, 0.29) is 5.56 Å². The molecule has 0 spiro atoms. The van der Waals surface area contributed by atoms with Crippen LogP contribution in [0.15, 0.2) is 91.0 Å². The van der Waals surface area contributed by atoms with Crippen molar-refractivity contribution in [3.05, 3.63) is 108 Å². The lowest BCUT2D eigenvalue weighted by Crippen LogP contribution is -2.08. The number of allylic oxidation sites excluding steroid dienone is 5. The van der Waals surface area contributed by atoms with Crippen molar-refractivity contribution < 1.29 is 13.2 Å². The SMILES string of the molecule is FC(F)(F)c1ccccc1C1=CC(c2ccn(-c3ccccn3)n2)=CC=C=C1. The monoisotopic (exact) mass is 377 g/mol. The number of alkyl halides is 3. The van der Waals surface area contributed by atoms with Crippen molar-refractivity contribution in [2.75, 3.05) is 0 Å². The van der Waals surface area contributed by atoms with Crippen LogP contribution in [-0.4, -0.2) is 14.8 Å². The van der Waals surface area contributed by atoms with E-state index in [9.17, 15) is 13.2 Å². The smallest absolute Gasteiger partial charge is 0.237 e. The molecule has 4 rings (SSSR count). The summed E-state index contributed by atoms with van der Waals surface area (Å²) in [6.07, 6.45) is 5.65. The largest absolute Gasteiger partial charge is 0.417 e. The van der Waals surface area contributed by atoms with Crippen molar-refractivity contribution in [1.82, 2.24) is 14.8 Å². The van der Waals surface area contributed by atoms with Crippen LogP contribution in [0.5, 0.6) is 0 Å². The van der Waals surface area contributed by atoms with E-state index < -0.39 is 11.7 Å². The molecule has 0 saturated heterocycles. The molecule has 3 aromatic rings. The predicted molar refractivity (Wildman–Crippen MR) is 101 cm³/mol. The molecule has 0 saturated carbocycles. The number of rotatable bonds is 3. The van der Waals surface area contributed by atoms with E-state index in [0.29, 0.717) is 22.7 Å². The van der Waals surface area contributed by atoms with Gasteiger partial charge in [0.1, 0.15) is 0 Å². The zero-order chi connectivity index (χ0) is 19.6. The molecular weight excluding hydrogens is 363 g/mol. The molecule has 1 aliphatic carbocycles. The number of pyridine rings is 1. The van der Waals surface area contributed by atoms with Gasteiger partial charge >= 0.3 is 6.18 Å². The van der Waals surface area contributed by atoms with Crippen molar-refractivity contribution in [1.29, 1.82) is 0 Å². The van der Waals surface area contributed by atoms with Crippen molar-refractivity contribution in [3.63, 3.8) is 0 Å². The summed E-state index contributed by atoms with van der Waals surface area (Å²) in [4.78, 5) is 4.24. The van der Waals surface area contributed by atoms with Gasteiger partial charge in [-0.25, -0.2) is 9.67 Å². The van der Waals surface area contributed by atoms with Gasteiger partial charge in [0.05, 0.1) is 11.3 Å². The van der Waals surface area contributed by atoms with Gasteiger partial charge in [0.2, 0.25) is 0 Å². The molecule has 0 aliphatic heterocycles. The van der Waals surface area contributed by atoms with Crippen LogP contribution in [0, 0.1) is 0 Å². The molecule has 0 radical (unpaired) electrons. The number of hydrogen-bond acceptors (Lipinski definition) is 2. The van der Waals surface area contributed by atoms with E-state index in [4.69, 9.17) is 0 Å². The third kappa shape index (κ3) is 3.59. The average molecular weight is 377 g/mol. The Hall–Kier alpha value is -3.63. The maximum Gasteiger partial charge on any atom is 0.417 e. The molecular formula is C22H14F3N3. The van der Waals surface area contributed by atoms with Crippen molar-refractivity contribution in [2.24, 2.45) is 0 Å². The molecule has 0 fully saturated rings. The molecule has 0 amide bonds. The standard InChI is InChI=1S/C22H14F3N3/c23-22(24,25)19-10-4-3-9-18(19)16-7-1-2-8-17(15-16)20-12-14-28(27-20)21-11-5-6-13-26-21/h2-15H. The van der Waals surface area contributed by atoms with Gasteiger partial charge in [-0.15, -0.1) is 5.73 Å². The molecule has 3 nitrogen and oxygen atoms in total. The first-order valence-electron chi connectivity index (χ1n) is 8.51. The normalized spacial score (nSPS) is 13.8. The Morgan fingerprint density at radius 3 is 2.54 bits per heavy atom. The lowest BCUT2D eigenvalue weighted by molar-refractivity contribution is -0.137. The summed E-state index contributed by atoms with van der Waals surface area (Å²) in [6, 6.07) is 12.8. The van der Waals surface area contributed by atoms with Gasteiger partial charge in [-0.3, -0.25) is 0 Å². The first-order valence-corrected chi connectivity index (χ1v) is 8.51. The second-order valence-corrected chi connectivity index (χ2v) is 6.08. The van der Waals surface area contributed by atoms with E-state index in [1.54, 1.807) is 53.5 Å². The minimum Gasteiger partial charge on any atom is -0.237 e. The highest BCUT2D eigenvalue weighted by Crippen LogP contribution is 2.36. The van der Waals surface area contributed by atoms with Crippen molar-refractivity contribution in [3.8, 4) is 5.82 Å². The van der Waals surface area contributed by atoms with Gasteiger partial charge in [-0.1, -0.05) is 24.3 Å². The number of halogens is 3. The fraction of sp³-hybridized carbons (Fsp3) is 0.0455. The summed E-state index contributed by atoms with van der Waals surface area (Å²) in [5.74, 6) is 0.656. The summed E-state index contributed by atoms with van der Waals surface area (Å²) in [7, 11) is 0. The molecule has 1 aliphatic rings. The van der Waals surface area contributed by atoms with E-state index in [1.165, 1.54) is 12.1 Å². The van der Waals surface area contributed by atoms with Gasteiger partial charge < -0.3 is 0 Å². The fourth-order valence-corrected chi connectivity index (χ4v) is 2.92. The Morgan fingerprint density at radius 2 is 1.75 bits per heavy atom. The Labute approximate surface area is 159 Å². The van der Waals surface area contributed by atoms with E-state index in [1.807, 2.05) is 18.2 Å². The Balaban J connectivity index is 1.75. The molecule has 6 heteroatoms. The first-order chi connectivity index (χ1) is 13.5. The van der Waals surface area contributed by atoms with E-state index >= 15 is 0 Å². The number of benzene rings is 1. The van der Waals surface area contributed by atoms with Crippen LogP contribution < -0.4 is 0 Å². The molecule has 28 heavy (non-hydrogen) atoms. The number of hydrogen-bond donors (Lipinski definition) is 0. The van der Waals surface area contributed by atoms with Crippen LogP contribution >= 0.6 is 0 Å². The van der Waals surface area contributed by atoms with Crippen LogP contribution in [0.25, 0.3) is 17.0 Å². The highest BCUT2D eigenvalue weighted by molar-refractivity contribution is 5.89. The van der Waals surface area contributed by atoms with E-state index in [0.717, 1.165) is 6.07 Å². The average Bonchev–Trinajstić information content (AvgIpc) is 3.06. The summed E-state index contributed by atoms with van der Waals surface area (Å²) in [5.41, 5.74) is 4.05. The molecule has 0 unspecified atom stereocenters. The second kappa shape index (κ2) is 7.18. The van der Waals surface area contributed by atoms with Crippen LogP contribution in [-0.2, 0) is 6.18 Å². The maximum atomic E-state index is 13.4. The minimum absolute atomic E-state index is 0.104. The molecule has 2 aromatic heterocycles. The van der Waals surface area contributed by atoms with Gasteiger partial charge in [-0.2, -0.15) is 18.3 Å². The minimum atomic E-state index is -4.44. The second-order valence-electron chi connectivity index (χ2n) is 6.08.